The molecule has 5 nitrogen and oxygen atoms in total. The zero-order valence-electron chi connectivity index (χ0n) is 13.1. The number of aryl methyl sites for hydroxylation is 2. The number of fused-ring (bicyclic) bond motifs is 1. The third kappa shape index (κ3) is 2.84. The maximum atomic E-state index is 12.1. The molecule has 3 heterocycles. The molecule has 1 aromatic rings. The summed E-state index contributed by atoms with van der Waals surface area (Å²) in [5.74, 6) is 2.09. The fourth-order valence-electron chi connectivity index (χ4n) is 3.77. The van der Waals surface area contributed by atoms with Gasteiger partial charge in [-0.05, 0) is 45.2 Å². The highest BCUT2D eigenvalue weighted by atomic mass is 16.1. The summed E-state index contributed by atoms with van der Waals surface area (Å²) in [6.07, 6.45) is 5.19. The minimum absolute atomic E-state index is 0.156. The van der Waals surface area contributed by atoms with E-state index in [1.165, 1.54) is 5.56 Å². The highest BCUT2D eigenvalue weighted by Gasteiger charge is 2.36. The van der Waals surface area contributed by atoms with Gasteiger partial charge in [-0.15, -0.1) is 0 Å². The van der Waals surface area contributed by atoms with Crippen molar-refractivity contribution in [3.05, 3.63) is 11.3 Å². The van der Waals surface area contributed by atoms with Crippen molar-refractivity contribution in [3.8, 4) is 0 Å². The van der Waals surface area contributed by atoms with Crippen molar-refractivity contribution in [2.24, 2.45) is 5.92 Å². The first kappa shape index (κ1) is 14.6. The number of anilines is 1. The first-order chi connectivity index (χ1) is 10.2. The third-order valence-corrected chi connectivity index (χ3v) is 4.88. The van der Waals surface area contributed by atoms with Crippen molar-refractivity contribution in [2.75, 3.05) is 18.4 Å². The highest BCUT2D eigenvalue weighted by Crippen LogP contribution is 2.42. The van der Waals surface area contributed by atoms with Gasteiger partial charge >= 0.3 is 0 Å². The molecule has 1 atom stereocenters. The number of piperidine rings is 1. The van der Waals surface area contributed by atoms with E-state index in [2.05, 4.69) is 24.5 Å². The van der Waals surface area contributed by atoms with Gasteiger partial charge in [-0.3, -0.25) is 4.79 Å². The van der Waals surface area contributed by atoms with Gasteiger partial charge in [0.05, 0.1) is 5.69 Å². The molecule has 21 heavy (non-hydrogen) atoms. The van der Waals surface area contributed by atoms with E-state index in [1.54, 1.807) is 0 Å². The number of hydrogen-bond acceptors (Lipinski definition) is 3. The minimum atomic E-state index is 0.156. The summed E-state index contributed by atoms with van der Waals surface area (Å²) in [4.78, 5) is 12.1. The van der Waals surface area contributed by atoms with E-state index in [-0.39, 0.29) is 5.91 Å². The summed E-state index contributed by atoms with van der Waals surface area (Å²) in [5.41, 5.74) is 2.40. The molecular weight excluding hydrogens is 264 g/mol. The second-order valence-corrected chi connectivity index (χ2v) is 6.37. The molecule has 2 aliphatic rings. The van der Waals surface area contributed by atoms with Crippen LogP contribution in [0.4, 0.5) is 5.82 Å². The number of carbonyl (C=O) groups excluding carboxylic acids is 1. The van der Waals surface area contributed by atoms with Crippen molar-refractivity contribution in [2.45, 2.75) is 58.4 Å². The zero-order chi connectivity index (χ0) is 14.8. The third-order valence-electron chi connectivity index (χ3n) is 4.88. The van der Waals surface area contributed by atoms with Crippen LogP contribution in [-0.2, 0) is 11.3 Å². The van der Waals surface area contributed by atoms with Crippen LogP contribution in [0, 0.1) is 12.8 Å². The van der Waals surface area contributed by atoms with E-state index in [1.807, 2.05) is 4.68 Å². The lowest BCUT2D eigenvalue weighted by atomic mass is 9.77. The van der Waals surface area contributed by atoms with Gasteiger partial charge < -0.3 is 10.6 Å². The summed E-state index contributed by atoms with van der Waals surface area (Å²) in [6.45, 7) is 7.31. The molecule has 0 radical (unpaired) electrons. The fourth-order valence-corrected chi connectivity index (χ4v) is 3.77. The molecule has 5 heteroatoms. The average molecular weight is 290 g/mol. The molecule has 1 fully saturated rings. The highest BCUT2D eigenvalue weighted by molar-refractivity contribution is 5.94. The molecule has 0 unspecified atom stereocenters. The largest absolute Gasteiger partial charge is 0.317 e. The van der Waals surface area contributed by atoms with Gasteiger partial charge in [0.1, 0.15) is 5.82 Å². The first-order valence-corrected chi connectivity index (χ1v) is 8.28. The van der Waals surface area contributed by atoms with Gasteiger partial charge in [0.25, 0.3) is 0 Å². The lowest BCUT2D eigenvalue weighted by Crippen LogP contribution is -2.35. The van der Waals surface area contributed by atoms with E-state index in [0.29, 0.717) is 18.3 Å². The molecule has 2 N–H and O–H groups in total. The Bertz CT molecular complexity index is 517. The minimum Gasteiger partial charge on any atom is -0.317 e. The molecule has 0 spiro atoms. The molecule has 0 bridgehead atoms. The Labute approximate surface area is 126 Å². The molecule has 0 aromatic carbocycles. The van der Waals surface area contributed by atoms with Crippen LogP contribution in [0.2, 0.25) is 0 Å². The van der Waals surface area contributed by atoms with Crippen LogP contribution in [0.1, 0.15) is 56.2 Å². The Morgan fingerprint density at radius 3 is 2.81 bits per heavy atom. The summed E-state index contributed by atoms with van der Waals surface area (Å²) in [6, 6.07) is 0. The number of hydrogen-bond donors (Lipinski definition) is 2. The van der Waals surface area contributed by atoms with Crippen molar-refractivity contribution >= 4 is 11.7 Å². The molecule has 3 rings (SSSR count). The second-order valence-electron chi connectivity index (χ2n) is 6.37. The van der Waals surface area contributed by atoms with E-state index >= 15 is 0 Å². The Balaban J connectivity index is 1.92. The van der Waals surface area contributed by atoms with Gasteiger partial charge in [0.15, 0.2) is 0 Å². The van der Waals surface area contributed by atoms with Gasteiger partial charge in [-0.2, -0.15) is 5.10 Å². The van der Waals surface area contributed by atoms with Crippen LogP contribution in [0.5, 0.6) is 0 Å². The summed E-state index contributed by atoms with van der Waals surface area (Å²) in [7, 11) is 0. The average Bonchev–Trinajstić information content (AvgIpc) is 2.81. The predicted molar refractivity (Wildman–Crippen MR) is 83.5 cm³/mol. The molecule has 0 aliphatic carbocycles. The number of unbranched alkanes of at least 4 members (excludes halogenated alkanes) is 1. The second kappa shape index (κ2) is 6.18. The molecule has 116 valence electrons. The molecule has 1 aromatic heterocycles. The van der Waals surface area contributed by atoms with Crippen LogP contribution in [-0.4, -0.2) is 28.8 Å². The number of rotatable bonds is 4. The van der Waals surface area contributed by atoms with Crippen molar-refractivity contribution < 1.29 is 4.79 Å². The van der Waals surface area contributed by atoms with Crippen LogP contribution in [0.15, 0.2) is 0 Å². The number of nitrogens with one attached hydrogen (secondary N) is 2. The Hall–Kier alpha value is -1.36. The lowest BCUT2D eigenvalue weighted by molar-refractivity contribution is -0.117. The van der Waals surface area contributed by atoms with Gasteiger partial charge in [-0.25, -0.2) is 4.68 Å². The maximum absolute atomic E-state index is 12.1. The molecular formula is C16H26N4O. The molecule has 2 aliphatic heterocycles. The lowest BCUT2D eigenvalue weighted by Gasteiger charge is -2.33. The molecule has 0 saturated carbocycles. The van der Waals surface area contributed by atoms with Gasteiger partial charge in [0, 0.05) is 24.4 Å². The number of carbonyl (C=O) groups is 1. The fraction of sp³-hybridized carbons (Fsp3) is 0.750. The molecule has 1 saturated heterocycles. The smallest absolute Gasteiger partial charge is 0.226 e. The van der Waals surface area contributed by atoms with E-state index in [9.17, 15) is 4.79 Å². The maximum Gasteiger partial charge on any atom is 0.226 e. The van der Waals surface area contributed by atoms with Crippen LogP contribution in [0.25, 0.3) is 0 Å². The Kier molecular flexibility index (Phi) is 4.29. The summed E-state index contributed by atoms with van der Waals surface area (Å²) < 4.78 is 2.01. The predicted octanol–water partition coefficient (Wildman–Crippen LogP) is 2.42. The van der Waals surface area contributed by atoms with Crippen molar-refractivity contribution in [1.82, 2.24) is 15.1 Å². The Morgan fingerprint density at radius 2 is 2.10 bits per heavy atom. The van der Waals surface area contributed by atoms with Gasteiger partial charge in [0.2, 0.25) is 5.91 Å². The summed E-state index contributed by atoms with van der Waals surface area (Å²) in [5, 5.41) is 11.2. The van der Waals surface area contributed by atoms with Crippen molar-refractivity contribution in [3.63, 3.8) is 0 Å². The van der Waals surface area contributed by atoms with Crippen LogP contribution in [0.3, 0.4) is 0 Å². The topological polar surface area (TPSA) is 59.0 Å². The van der Waals surface area contributed by atoms with Crippen LogP contribution < -0.4 is 10.6 Å². The normalized spacial score (nSPS) is 23.0. The SMILES string of the molecule is CCCCn1nc(C)c2c1NC(=O)C[C@H]2C1CCNCC1. The quantitative estimate of drug-likeness (QED) is 0.895. The summed E-state index contributed by atoms with van der Waals surface area (Å²) >= 11 is 0. The van der Waals surface area contributed by atoms with Crippen LogP contribution >= 0.6 is 0 Å². The van der Waals surface area contributed by atoms with Crippen molar-refractivity contribution in [1.29, 1.82) is 0 Å². The van der Waals surface area contributed by atoms with E-state index in [4.69, 9.17) is 5.10 Å². The zero-order valence-corrected chi connectivity index (χ0v) is 13.1. The first-order valence-electron chi connectivity index (χ1n) is 8.28. The standard InChI is InChI=1S/C16H26N4O/c1-3-4-9-20-16-15(11(2)19-20)13(10-14(21)18-16)12-5-7-17-8-6-12/h12-13,17H,3-10H2,1-2H3,(H,18,21)/t13-/m0/s1. The monoisotopic (exact) mass is 290 g/mol. The number of amides is 1. The molecule has 1 amide bonds. The van der Waals surface area contributed by atoms with E-state index in [0.717, 1.165) is 56.8 Å². The van der Waals surface area contributed by atoms with Gasteiger partial charge in [-0.1, -0.05) is 13.3 Å². The number of aromatic nitrogens is 2. The number of nitrogens with zero attached hydrogens (tertiary/aromatic N) is 2. The Morgan fingerprint density at radius 1 is 1.33 bits per heavy atom. The van der Waals surface area contributed by atoms with E-state index < -0.39 is 0 Å².